The van der Waals surface area contributed by atoms with Crippen molar-refractivity contribution < 1.29 is 5.11 Å². The number of nitrogens with one attached hydrogen (secondary N) is 1. The number of aliphatic hydroxyl groups excluding tert-OH is 1. The lowest BCUT2D eigenvalue weighted by molar-refractivity contribution is 0.240. The maximum atomic E-state index is 9.44. The summed E-state index contributed by atoms with van der Waals surface area (Å²) in [7, 11) is 0. The Labute approximate surface area is 114 Å². The zero-order valence-electron chi connectivity index (χ0n) is 11.2. The van der Waals surface area contributed by atoms with Gasteiger partial charge in [-0.1, -0.05) is 36.4 Å². The number of benzene rings is 1. The van der Waals surface area contributed by atoms with Crippen LogP contribution in [0.5, 0.6) is 0 Å². The van der Waals surface area contributed by atoms with Crippen LogP contribution in [0.1, 0.15) is 17.0 Å². The van der Waals surface area contributed by atoms with Crippen LogP contribution in [0, 0.1) is 6.92 Å². The van der Waals surface area contributed by atoms with Crippen molar-refractivity contribution in [3.05, 3.63) is 65.5 Å². The molecule has 2 aromatic rings. The number of pyridine rings is 1. The number of hydrogen-bond acceptors (Lipinski definition) is 3. The Hall–Kier alpha value is -1.71. The Morgan fingerprint density at radius 1 is 1.11 bits per heavy atom. The zero-order valence-corrected chi connectivity index (χ0v) is 11.2. The molecule has 0 saturated carbocycles. The molecule has 1 aromatic carbocycles. The van der Waals surface area contributed by atoms with E-state index in [1.807, 2.05) is 43.3 Å². The fourth-order valence-electron chi connectivity index (χ4n) is 2.05. The molecule has 0 aliphatic carbocycles. The van der Waals surface area contributed by atoms with E-state index in [9.17, 15) is 5.11 Å². The van der Waals surface area contributed by atoms with Gasteiger partial charge in [-0.15, -0.1) is 0 Å². The predicted molar refractivity (Wildman–Crippen MR) is 76.8 cm³/mol. The average molecular weight is 256 g/mol. The van der Waals surface area contributed by atoms with Crippen LogP contribution in [0.3, 0.4) is 0 Å². The first kappa shape index (κ1) is 13.7. The van der Waals surface area contributed by atoms with Gasteiger partial charge in [0.15, 0.2) is 0 Å². The quantitative estimate of drug-likeness (QED) is 0.832. The highest BCUT2D eigenvalue weighted by molar-refractivity contribution is 5.16. The maximum Gasteiger partial charge on any atom is 0.0588 e. The first-order chi connectivity index (χ1) is 9.28. The number of nitrogens with zero attached hydrogens (tertiary/aromatic N) is 1. The summed E-state index contributed by atoms with van der Waals surface area (Å²) >= 11 is 0. The van der Waals surface area contributed by atoms with E-state index in [1.54, 1.807) is 0 Å². The molecule has 0 spiro atoms. The van der Waals surface area contributed by atoms with Gasteiger partial charge in [0.1, 0.15) is 0 Å². The fraction of sp³-hybridized carbons (Fsp3) is 0.312. The Bertz CT molecular complexity index is 499. The Kier molecular flexibility index (Phi) is 5.07. The van der Waals surface area contributed by atoms with Gasteiger partial charge in [-0.05, 0) is 31.0 Å². The molecule has 19 heavy (non-hydrogen) atoms. The van der Waals surface area contributed by atoms with E-state index in [-0.39, 0.29) is 12.6 Å². The van der Waals surface area contributed by atoms with E-state index >= 15 is 0 Å². The van der Waals surface area contributed by atoms with Crippen molar-refractivity contribution in [1.29, 1.82) is 0 Å². The molecule has 0 bridgehead atoms. The van der Waals surface area contributed by atoms with Crippen LogP contribution < -0.4 is 5.32 Å². The second-order valence-electron chi connectivity index (χ2n) is 4.72. The number of aryl methyl sites for hydroxylation is 1. The Morgan fingerprint density at radius 3 is 2.58 bits per heavy atom. The molecular formula is C16H20N2O. The fourth-order valence-corrected chi connectivity index (χ4v) is 2.05. The molecule has 0 amide bonds. The average Bonchev–Trinajstić information content (AvgIpc) is 2.44. The van der Waals surface area contributed by atoms with Crippen molar-refractivity contribution in [2.45, 2.75) is 25.9 Å². The number of aromatic nitrogens is 1. The van der Waals surface area contributed by atoms with Crippen LogP contribution in [0.25, 0.3) is 0 Å². The van der Waals surface area contributed by atoms with Gasteiger partial charge in [-0.2, -0.15) is 0 Å². The summed E-state index contributed by atoms with van der Waals surface area (Å²) in [5.74, 6) is 0. The lowest BCUT2D eigenvalue weighted by Gasteiger charge is -2.16. The SMILES string of the molecule is Cc1cccc(CNC(CO)Cc2ccccc2)n1. The summed E-state index contributed by atoms with van der Waals surface area (Å²) in [5.41, 5.74) is 3.25. The van der Waals surface area contributed by atoms with E-state index in [0.717, 1.165) is 17.8 Å². The van der Waals surface area contributed by atoms with E-state index in [0.29, 0.717) is 6.54 Å². The lowest BCUT2D eigenvalue weighted by Crippen LogP contribution is -2.34. The maximum absolute atomic E-state index is 9.44. The third-order valence-electron chi connectivity index (χ3n) is 3.06. The van der Waals surface area contributed by atoms with Crippen LogP contribution in [-0.4, -0.2) is 22.7 Å². The van der Waals surface area contributed by atoms with Crippen LogP contribution in [0.2, 0.25) is 0 Å². The second kappa shape index (κ2) is 7.02. The van der Waals surface area contributed by atoms with Gasteiger partial charge in [0.2, 0.25) is 0 Å². The highest BCUT2D eigenvalue weighted by atomic mass is 16.3. The van der Waals surface area contributed by atoms with Crippen molar-refractivity contribution in [2.24, 2.45) is 0 Å². The minimum absolute atomic E-state index is 0.0599. The largest absolute Gasteiger partial charge is 0.395 e. The predicted octanol–water partition coefficient (Wildman–Crippen LogP) is 2.08. The molecule has 0 saturated heterocycles. The third-order valence-corrected chi connectivity index (χ3v) is 3.06. The van der Waals surface area contributed by atoms with Crippen LogP contribution in [0.15, 0.2) is 48.5 Å². The smallest absolute Gasteiger partial charge is 0.0588 e. The summed E-state index contributed by atoms with van der Waals surface area (Å²) in [6.07, 6.45) is 0.823. The Morgan fingerprint density at radius 2 is 1.89 bits per heavy atom. The van der Waals surface area contributed by atoms with E-state index in [1.165, 1.54) is 5.56 Å². The van der Waals surface area contributed by atoms with Gasteiger partial charge >= 0.3 is 0 Å². The zero-order chi connectivity index (χ0) is 13.5. The van der Waals surface area contributed by atoms with Crippen molar-refractivity contribution in [1.82, 2.24) is 10.3 Å². The summed E-state index contributed by atoms with van der Waals surface area (Å²) in [6.45, 7) is 2.79. The monoisotopic (exact) mass is 256 g/mol. The highest BCUT2D eigenvalue weighted by Crippen LogP contribution is 2.04. The molecule has 0 aliphatic heterocycles. The molecule has 0 radical (unpaired) electrons. The Balaban J connectivity index is 1.89. The van der Waals surface area contributed by atoms with Gasteiger partial charge in [-0.3, -0.25) is 4.98 Å². The molecule has 1 atom stereocenters. The molecule has 100 valence electrons. The lowest BCUT2D eigenvalue weighted by atomic mass is 10.1. The molecule has 0 aliphatic rings. The van der Waals surface area contributed by atoms with Crippen LogP contribution in [-0.2, 0) is 13.0 Å². The highest BCUT2D eigenvalue weighted by Gasteiger charge is 2.08. The van der Waals surface area contributed by atoms with Crippen LogP contribution in [0.4, 0.5) is 0 Å². The number of aliphatic hydroxyl groups is 1. The van der Waals surface area contributed by atoms with Gasteiger partial charge in [-0.25, -0.2) is 0 Å². The van der Waals surface area contributed by atoms with E-state index in [2.05, 4.69) is 22.4 Å². The molecule has 1 heterocycles. The summed E-state index contributed by atoms with van der Waals surface area (Å²) in [5, 5.41) is 12.8. The minimum atomic E-state index is 0.0599. The molecule has 1 unspecified atom stereocenters. The second-order valence-corrected chi connectivity index (χ2v) is 4.72. The summed E-state index contributed by atoms with van der Waals surface area (Å²) in [4.78, 5) is 4.44. The standard InChI is InChI=1S/C16H20N2O/c1-13-6-5-9-15(18-13)11-17-16(12-19)10-14-7-3-2-4-8-14/h2-9,16-17,19H,10-12H2,1H3. The van der Waals surface area contributed by atoms with Gasteiger partial charge < -0.3 is 10.4 Å². The van der Waals surface area contributed by atoms with E-state index < -0.39 is 0 Å². The molecule has 0 fully saturated rings. The minimum Gasteiger partial charge on any atom is -0.395 e. The van der Waals surface area contributed by atoms with E-state index in [4.69, 9.17) is 0 Å². The van der Waals surface area contributed by atoms with Crippen molar-refractivity contribution in [3.8, 4) is 0 Å². The molecule has 1 aromatic heterocycles. The summed E-state index contributed by atoms with van der Waals surface area (Å²) in [6, 6.07) is 16.2. The molecule has 3 nitrogen and oxygen atoms in total. The summed E-state index contributed by atoms with van der Waals surface area (Å²) < 4.78 is 0. The number of rotatable bonds is 6. The third kappa shape index (κ3) is 4.47. The van der Waals surface area contributed by atoms with Crippen molar-refractivity contribution in [3.63, 3.8) is 0 Å². The topological polar surface area (TPSA) is 45.1 Å². The first-order valence-corrected chi connectivity index (χ1v) is 6.58. The van der Waals surface area contributed by atoms with Crippen molar-refractivity contribution >= 4 is 0 Å². The number of hydrogen-bond donors (Lipinski definition) is 2. The molecule has 2 rings (SSSR count). The van der Waals surface area contributed by atoms with Gasteiger partial charge in [0.05, 0.1) is 12.3 Å². The first-order valence-electron chi connectivity index (χ1n) is 6.58. The normalized spacial score (nSPS) is 12.3. The van der Waals surface area contributed by atoms with Gasteiger partial charge in [0.25, 0.3) is 0 Å². The van der Waals surface area contributed by atoms with Crippen LogP contribution >= 0.6 is 0 Å². The van der Waals surface area contributed by atoms with Gasteiger partial charge in [0, 0.05) is 18.3 Å². The molecular weight excluding hydrogens is 236 g/mol. The molecule has 2 N–H and O–H groups in total. The molecule has 3 heteroatoms. The van der Waals surface area contributed by atoms with Crippen molar-refractivity contribution in [2.75, 3.05) is 6.61 Å².